The number of hydrogen-bond donors (Lipinski definition) is 2. The number of Topliss-reactive ketones (excluding diaryl/α,β-unsaturated/α-hetero) is 1. The van der Waals surface area contributed by atoms with Gasteiger partial charge in [-0.25, -0.2) is 0 Å². The van der Waals surface area contributed by atoms with Crippen molar-refractivity contribution in [3.63, 3.8) is 0 Å². The maximum Gasteiger partial charge on any atom is 0.300 e. The molecule has 0 spiro atoms. The average molecular weight is 459 g/mol. The Labute approximate surface area is 198 Å². The second-order valence-electron chi connectivity index (χ2n) is 8.28. The highest BCUT2D eigenvalue weighted by Gasteiger charge is 2.47. The Kier molecular flexibility index (Phi) is 6.36. The first-order chi connectivity index (χ1) is 16.3. The Morgan fingerprint density at radius 1 is 1.12 bits per heavy atom. The van der Waals surface area contributed by atoms with Crippen LogP contribution in [0.2, 0.25) is 0 Å². The highest BCUT2D eigenvalue weighted by molar-refractivity contribution is 6.51. The van der Waals surface area contributed by atoms with Gasteiger partial charge in [-0.1, -0.05) is 19.1 Å². The van der Waals surface area contributed by atoms with Crippen LogP contribution in [0.4, 0.5) is 5.69 Å². The topological polar surface area (TPSA) is 100.0 Å². The van der Waals surface area contributed by atoms with E-state index in [1.54, 1.807) is 48.7 Å². The van der Waals surface area contributed by atoms with Gasteiger partial charge in [-0.15, -0.1) is 0 Å². The molecule has 7 nitrogen and oxygen atoms in total. The molecule has 4 rings (SSSR count). The molecule has 1 atom stereocenters. The van der Waals surface area contributed by atoms with Crippen molar-refractivity contribution >= 4 is 23.1 Å². The lowest BCUT2D eigenvalue weighted by Gasteiger charge is -2.26. The molecule has 1 aromatic heterocycles. The quantitative estimate of drug-likeness (QED) is 0.312. The number of carbonyl (C=O) groups is 2. The van der Waals surface area contributed by atoms with Gasteiger partial charge < -0.3 is 14.9 Å². The molecule has 3 aromatic rings. The molecule has 1 fully saturated rings. The van der Waals surface area contributed by atoms with Crippen LogP contribution in [0.1, 0.15) is 41.6 Å². The van der Waals surface area contributed by atoms with Crippen molar-refractivity contribution in [3.05, 3.63) is 88.8 Å². The van der Waals surface area contributed by atoms with E-state index < -0.39 is 17.7 Å². The summed E-state index contributed by atoms with van der Waals surface area (Å²) in [6.45, 7) is 6.25. The minimum absolute atomic E-state index is 0.0690. The van der Waals surface area contributed by atoms with Crippen molar-refractivity contribution < 1.29 is 24.5 Å². The van der Waals surface area contributed by atoms with Crippen molar-refractivity contribution in [1.29, 1.82) is 0 Å². The van der Waals surface area contributed by atoms with Gasteiger partial charge in [0.25, 0.3) is 11.7 Å². The number of benzene rings is 2. The van der Waals surface area contributed by atoms with Crippen LogP contribution in [-0.4, -0.2) is 33.5 Å². The molecule has 1 amide bonds. The molecule has 0 aliphatic carbocycles. The molecule has 7 heteroatoms. The SMILES string of the molecule is CCCOc1ccc(/C(O)=C2/C(=O)C(=O)N(c3cc(C)ccc3O)C2c2cccnc2)cc1C. The van der Waals surface area contributed by atoms with Crippen LogP contribution in [0, 0.1) is 13.8 Å². The van der Waals surface area contributed by atoms with E-state index in [1.165, 1.54) is 17.2 Å². The summed E-state index contributed by atoms with van der Waals surface area (Å²) >= 11 is 0. The third-order valence-electron chi connectivity index (χ3n) is 5.75. The molecule has 0 radical (unpaired) electrons. The van der Waals surface area contributed by atoms with Gasteiger partial charge in [-0.3, -0.25) is 19.5 Å². The normalized spacial score (nSPS) is 17.3. The van der Waals surface area contributed by atoms with E-state index in [1.807, 2.05) is 20.8 Å². The molecule has 2 aromatic carbocycles. The molecule has 1 aliphatic rings. The molecule has 2 heterocycles. The van der Waals surface area contributed by atoms with Crippen molar-refractivity contribution in [1.82, 2.24) is 4.98 Å². The van der Waals surface area contributed by atoms with Gasteiger partial charge in [0.2, 0.25) is 0 Å². The lowest BCUT2D eigenvalue weighted by molar-refractivity contribution is -0.132. The van der Waals surface area contributed by atoms with Gasteiger partial charge in [0.1, 0.15) is 17.3 Å². The molecule has 1 saturated heterocycles. The summed E-state index contributed by atoms with van der Waals surface area (Å²) < 4.78 is 5.71. The monoisotopic (exact) mass is 458 g/mol. The van der Waals surface area contributed by atoms with Crippen molar-refractivity contribution in [3.8, 4) is 11.5 Å². The van der Waals surface area contributed by atoms with E-state index in [0.717, 1.165) is 17.5 Å². The summed E-state index contributed by atoms with van der Waals surface area (Å²) in [6.07, 6.45) is 3.98. The second kappa shape index (κ2) is 9.39. The van der Waals surface area contributed by atoms with Crippen LogP contribution >= 0.6 is 0 Å². The number of amides is 1. The highest BCUT2D eigenvalue weighted by atomic mass is 16.5. The smallest absolute Gasteiger partial charge is 0.300 e. The fourth-order valence-electron chi connectivity index (χ4n) is 4.09. The number of phenols is 1. The maximum atomic E-state index is 13.2. The maximum absolute atomic E-state index is 13.2. The van der Waals surface area contributed by atoms with E-state index >= 15 is 0 Å². The average Bonchev–Trinajstić information content (AvgIpc) is 3.10. The molecule has 2 N–H and O–H groups in total. The lowest BCUT2D eigenvalue weighted by atomic mass is 9.95. The fraction of sp³-hybridized carbons (Fsp3) is 0.222. The minimum atomic E-state index is -0.960. The zero-order valence-electron chi connectivity index (χ0n) is 19.3. The number of pyridine rings is 1. The Morgan fingerprint density at radius 3 is 2.59 bits per heavy atom. The lowest BCUT2D eigenvalue weighted by Crippen LogP contribution is -2.29. The van der Waals surface area contributed by atoms with E-state index in [9.17, 15) is 19.8 Å². The third kappa shape index (κ3) is 4.12. The second-order valence-corrected chi connectivity index (χ2v) is 8.28. The summed E-state index contributed by atoms with van der Waals surface area (Å²) in [4.78, 5) is 31.8. The number of aliphatic hydroxyl groups is 1. The number of ether oxygens (including phenoxy) is 1. The Balaban J connectivity index is 1.89. The molecule has 1 unspecified atom stereocenters. The van der Waals surface area contributed by atoms with Crippen LogP contribution in [0.25, 0.3) is 5.76 Å². The van der Waals surface area contributed by atoms with Crippen molar-refractivity contribution in [2.75, 3.05) is 11.5 Å². The number of hydrogen-bond acceptors (Lipinski definition) is 6. The van der Waals surface area contributed by atoms with Crippen LogP contribution < -0.4 is 9.64 Å². The predicted octanol–water partition coefficient (Wildman–Crippen LogP) is 4.82. The summed E-state index contributed by atoms with van der Waals surface area (Å²) in [5.74, 6) is -1.43. The molecule has 0 bridgehead atoms. The zero-order valence-corrected chi connectivity index (χ0v) is 19.3. The van der Waals surface area contributed by atoms with E-state index in [2.05, 4.69) is 4.98 Å². The number of aromatic hydroxyl groups is 1. The first-order valence-corrected chi connectivity index (χ1v) is 11.1. The van der Waals surface area contributed by atoms with Crippen LogP contribution in [0.15, 0.2) is 66.5 Å². The van der Waals surface area contributed by atoms with Crippen LogP contribution in [0.5, 0.6) is 11.5 Å². The van der Waals surface area contributed by atoms with Gasteiger partial charge >= 0.3 is 0 Å². The number of phenolic OH excluding ortho intramolecular Hbond substituents is 1. The number of aliphatic hydroxyl groups excluding tert-OH is 1. The summed E-state index contributed by atoms with van der Waals surface area (Å²) in [6, 6.07) is 12.4. The number of rotatable bonds is 6. The molecule has 0 saturated carbocycles. The van der Waals surface area contributed by atoms with Crippen molar-refractivity contribution in [2.24, 2.45) is 0 Å². The summed E-state index contributed by atoms with van der Waals surface area (Å²) in [5, 5.41) is 21.8. The predicted molar refractivity (Wildman–Crippen MR) is 129 cm³/mol. The fourth-order valence-corrected chi connectivity index (χ4v) is 4.09. The Morgan fingerprint density at radius 2 is 1.91 bits per heavy atom. The van der Waals surface area contributed by atoms with E-state index in [0.29, 0.717) is 23.5 Å². The van der Waals surface area contributed by atoms with Crippen molar-refractivity contribution in [2.45, 2.75) is 33.2 Å². The van der Waals surface area contributed by atoms with E-state index in [-0.39, 0.29) is 22.8 Å². The number of carbonyl (C=O) groups excluding carboxylic acids is 2. The number of anilines is 1. The third-order valence-corrected chi connectivity index (χ3v) is 5.75. The van der Waals surface area contributed by atoms with Gasteiger partial charge in [0.05, 0.1) is 23.9 Å². The van der Waals surface area contributed by atoms with Crippen LogP contribution in [0.3, 0.4) is 0 Å². The number of aromatic nitrogens is 1. The molecule has 174 valence electrons. The molecular weight excluding hydrogens is 432 g/mol. The first-order valence-electron chi connectivity index (χ1n) is 11.1. The van der Waals surface area contributed by atoms with E-state index in [4.69, 9.17) is 4.74 Å². The number of ketones is 1. The summed E-state index contributed by atoms with van der Waals surface area (Å²) in [5.41, 5.74) is 2.64. The first kappa shape index (κ1) is 23.0. The van der Waals surface area contributed by atoms with Crippen LogP contribution in [-0.2, 0) is 9.59 Å². The summed E-state index contributed by atoms with van der Waals surface area (Å²) in [7, 11) is 0. The van der Waals surface area contributed by atoms with Gasteiger partial charge in [-0.05, 0) is 73.4 Å². The number of nitrogens with zero attached hydrogens (tertiary/aromatic N) is 2. The van der Waals surface area contributed by atoms with Gasteiger partial charge in [-0.2, -0.15) is 0 Å². The molecular formula is C27H26N2O5. The van der Waals surface area contributed by atoms with Gasteiger partial charge in [0.15, 0.2) is 0 Å². The number of aryl methyl sites for hydroxylation is 2. The van der Waals surface area contributed by atoms with Gasteiger partial charge in [0, 0.05) is 18.0 Å². The standard InChI is InChI=1S/C27H26N2O5/c1-4-12-34-22-10-8-18(14-17(22)3)25(31)23-24(19-6-5-11-28-15-19)29(27(33)26(23)32)20-13-16(2)7-9-21(20)30/h5-11,13-15,24,30-31H,4,12H2,1-3H3/b25-23-. The largest absolute Gasteiger partial charge is 0.507 e. The molecule has 34 heavy (non-hydrogen) atoms. The zero-order chi connectivity index (χ0) is 24.4. The minimum Gasteiger partial charge on any atom is -0.507 e. The Bertz CT molecular complexity index is 1280. The molecule has 1 aliphatic heterocycles. The Hall–Kier alpha value is -4.13. The highest BCUT2D eigenvalue weighted by Crippen LogP contribution is 2.45.